The second-order valence-electron chi connectivity index (χ2n) is 8.65. The number of carbonyl (C=O) groups excluding carboxylic acids is 2. The minimum Gasteiger partial charge on any atom is -0.497 e. The van der Waals surface area contributed by atoms with Crippen LogP contribution in [0.2, 0.25) is 5.02 Å². The Morgan fingerprint density at radius 3 is 2.38 bits per heavy atom. The second kappa shape index (κ2) is 11.9. The summed E-state index contributed by atoms with van der Waals surface area (Å²) in [5.74, 6) is 0.344. The van der Waals surface area contributed by atoms with E-state index in [1.807, 2.05) is 24.3 Å². The summed E-state index contributed by atoms with van der Waals surface area (Å²) >= 11 is 5.83. The van der Waals surface area contributed by atoms with Crippen molar-refractivity contribution in [2.24, 2.45) is 0 Å². The third kappa shape index (κ3) is 6.42. The minimum atomic E-state index is -3.79. The number of benzene rings is 2. The molecule has 4 rings (SSSR count). The number of hydrogen-bond acceptors (Lipinski definition) is 7. The molecule has 1 aromatic heterocycles. The summed E-state index contributed by atoms with van der Waals surface area (Å²) < 4.78 is 43.4. The maximum Gasteiger partial charge on any atom is 0.340 e. The number of ether oxygens (including phenoxy) is 2. The van der Waals surface area contributed by atoms with Gasteiger partial charge in [-0.2, -0.15) is 0 Å². The molecule has 1 aliphatic heterocycles. The quantitative estimate of drug-likeness (QED) is 0.285. The van der Waals surface area contributed by atoms with Crippen molar-refractivity contribution in [1.29, 1.82) is 0 Å². The lowest BCUT2D eigenvalue weighted by molar-refractivity contribution is -0.136. The van der Waals surface area contributed by atoms with Crippen LogP contribution in [0.1, 0.15) is 24.0 Å². The highest BCUT2D eigenvalue weighted by molar-refractivity contribution is 7.89. The molecule has 0 saturated heterocycles. The van der Waals surface area contributed by atoms with E-state index < -0.39 is 16.0 Å². The Balaban J connectivity index is 1.50. The Morgan fingerprint density at radius 1 is 1.05 bits per heavy atom. The van der Waals surface area contributed by atoms with E-state index in [9.17, 15) is 18.0 Å². The maximum absolute atomic E-state index is 13.4. The molecule has 0 saturated carbocycles. The summed E-state index contributed by atoms with van der Waals surface area (Å²) in [5.41, 5.74) is 1.77. The van der Waals surface area contributed by atoms with Gasteiger partial charge in [0.25, 0.3) is 5.91 Å². The van der Waals surface area contributed by atoms with Gasteiger partial charge in [-0.1, -0.05) is 23.7 Å². The van der Waals surface area contributed by atoms with Gasteiger partial charge in [0.2, 0.25) is 10.0 Å². The van der Waals surface area contributed by atoms with Gasteiger partial charge in [-0.25, -0.2) is 17.9 Å². The van der Waals surface area contributed by atoms with Crippen molar-refractivity contribution >= 4 is 39.6 Å². The molecule has 1 N–H and O–H groups in total. The van der Waals surface area contributed by atoms with E-state index in [1.165, 1.54) is 42.4 Å². The first-order valence-corrected chi connectivity index (χ1v) is 13.8. The molecule has 1 amide bonds. The first-order valence-electron chi connectivity index (χ1n) is 11.9. The number of hydrogen-bond donors (Lipinski definition) is 1. The van der Waals surface area contributed by atoms with Crippen LogP contribution in [-0.4, -0.2) is 46.0 Å². The number of rotatable bonds is 10. The van der Waals surface area contributed by atoms with Crippen LogP contribution in [0.3, 0.4) is 0 Å². The van der Waals surface area contributed by atoms with Gasteiger partial charge < -0.3 is 18.8 Å². The molecule has 2 aromatic carbocycles. The zero-order valence-corrected chi connectivity index (χ0v) is 23.1. The van der Waals surface area contributed by atoms with Crippen molar-refractivity contribution in [3.8, 4) is 5.75 Å². The van der Waals surface area contributed by atoms with Crippen molar-refractivity contribution in [1.82, 2.24) is 9.62 Å². The lowest BCUT2D eigenvalue weighted by Crippen LogP contribution is -2.27. The number of halogens is 1. The monoisotopic (exact) mass is 570 g/mol. The zero-order chi connectivity index (χ0) is 28.2. The smallest absolute Gasteiger partial charge is 0.340 e. The van der Waals surface area contributed by atoms with E-state index in [4.69, 9.17) is 25.5 Å². The van der Waals surface area contributed by atoms with Crippen LogP contribution >= 0.6 is 11.6 Å². The van der Waals surface area contributed by atoms with Gasteiger partial charge in [-0.05, 0) is 73.5 Å². The van der Waals surface area contributed by atoms with Crippen molar-refractivity contribution in [2.45, 2.75) is 24.8 Å². The summed E-state index contributed by atoms with van der Waals surface area (Å²) in [4.78, 5) is 27.6. The first-order chi connectivity index (χ1) is 18.6. The predicted molar refractivity (Wildman–Crippen MR) is 145 cm³/mol. The number of nitrogens with zero attached hydrogens (tertiary/aromatic N) is 1. The van der Waals surface area contributed by atoms with Gasteiger partial charge in [-0.3, -0.25) is 4.79 Å². The summed E-state index contributed by atoms with van der Waals surface area (Å²) in [6.45, 7) is 1.93. The molecule has 0 bridgehead atoms. The molecule has 0 radical (unpaired) electrons. The van der Waals surface area contributed by atoms with E-state index in [0.717, 1.165) is 11.3 Å². The van der Waals surface area contributed by atoms with Crippen LogP contribution in [-0.2, 0) is 37.3 Å². The number of methoxy groups -OCH3 is 2. The molecular weight excluding hydrogens is 544 g/mol. The molecule has 2 heterocycles. The number of esters is 1. The van der Waals surface area contributed by atoms with E-state index >= 15 is 0 Å². The fourth-order valence-electron chi connectivity index (χ4n) is 4.10. The second-order valence-corrected chi connectivity index (χ2v) is 10.9. The Kier molecular flexibility index (Phi) is 8.59. The third-order valence-electron chi connectivity index (χ3n) is 6.21. The molecule has 0 atom stereocenters. The molecule has 9 nitrogen and oxygen atoms in total. The van der Waals surface area contributed by atoms with Gasteiger partial charge in [-0.15, -0.1) is 0 Å². The van der Waals surface area contributed by atoms with Crippen molar-refractivity contribution in [3.05, 3.63) is 99.6 Å². The Labute approximate surface area is 231 Å². The molecular formula is C28H27ClN2O7S. The Hall–Kier alpha value is -3.86. The van der Waals surface area contributed by atoms with Gasteiger partial charge in [0.15, 0.2) is 0 Å². The fourth-order valence-corrected chi connectivity index (χ4v) is 5.22. The maximum atomic E-state index is 13.4. The van der Waals surface area contributed by atoms with E-state index in [2.05, 4.69) is 4.72 Å². The molecule has 39 heavy (non-hydrogen) atoms. The summed E-state index contributed by atoms with van der Waals surface area (Å²) in [5, 5.41) is 0.425. The summed E-state index contributed by atoms with van der Waals surface area (Å²) in [6.07, 6.45) is 2.02. The highest BCUT2D eigenvalue weighted by Crippen LogP contribution is 2.32. The zero-order valence-electron chi connectivity index (χ0n) is 21.6. The molecule has 0 unspecified atom stereocenters. The molecule has 0 aliphatic carbocycles. The average Bonchev–Trinajstić information content (AvgIpc) is 3.48. The van der Waals surface area contributed by atoms with Gasteiger partial charge in [0.1, 0.15) is 17.3 Å². The minimum absolute atomic E-state index is 0.0652. The molecule has 1 aliphatic rings. The van der Waals surface area contributed by atoms with Crippen molar-refractivity contribution in [3.63, 3.8) is 0 Å². The standard InChI is InChI=1S/C28H27ClN2O7S/c1-18-26(28(33)37-3)25(27(32)31(18)15-14-19-4-8-21(36-2)9-5-19)16-22-10-11-23(38-22)17-30-39(34,35)24-12-6-20(29)7-13-24/h4-13,16,30H,14-15,17H2,1-3H3/b25-16+. The number of allylic oxidation sites excluding steroid dienone is 1. The molecule has 11 heteroatoms. The van der Waals surface area contributed by atoms with E-state index in [1.54, 1.807) is 26.2 Å². The first kappa shape index (κ1) is 28.2. The topological polar surface area (TPSA) is 115 Å². The van der Waals surface area contributed by atoms with E-state index in [-0.39, 0.29) is 34.3 Å². The van der Waals surface area contributed by atoms with Crippen molar-refractivity contribution < 1.29 is 31.9 Å². The third-order valence-corrected chi connectivity index (χ3v) is 7.88. The largest absolute Gasteiger partial charge is 0.497 e. The number of amides is 1. The molecule has 0 fully saturated rings. The van der Waals surface area contributed by atoms with Crippen LogP contribution in [0.5, 0.6) is 5.75 Å². The number of sulfonamides is 1. The highest BCUT2D eigenvalue weighted by atomic mass is 35.5. The normalized spacial score (nSPS) is 14.8. The summed E-state index contributed by atoms with van der Waals surface area (Å²) in [6, 6.07) is 16.5. The van der Waals surface area contributed by atoms with Crippen molar-refractivity contribution in [2.75, 3.05) is 20.8 Å². The van der Waals surface area contributed by atoms with Crippen LogP contribution in [0.4, 0.5) is 0 Å². The highest BCUT2D eigenvalue weighted by Gasteiger charge is 2.37. The molecule has 3 aromatic rings. The average molecular weight is 571 g/mol. The number of nitrogens with one attached hydrogen (secondary N) is 1. The lowest BCUT2D eigenvalue weighted by Gasteiger charge is -2.17. The predicted octanol–water partition coefficient (Wildman–Crippen LogP) is 4.34. The van der Waals surface area contributed by atoms with Gasteiger partial charge in [0, 0.05) is 17.3 Å². The number of carbonyl (C=O) groups is 2. The van der Waals surface area contributed by atoms with Crippen LogP contribution < -0.4 is 9.46 Å². The lowest BCUT2D eigenvalue weighted by atomic mass is 10.1. The Bertz CT molecular complexity index is 1540. The van der Waals surface area contributed by atoms with Crippen LogP contribution in [0.15, 0.2) is 86.8 Å². The number of furan rings is 1. The SMILES string of the molecule is COC(=O)C1=C(C)N(CCc2ccc(OC)cc2)C(=O)/C1=C/c1ccc(CNS(=O)(=O)c2ccc(Cl)cc2)o1. The van der Waals surface area contributed by atoms with E-state index in [0.29, 0.717) is 29.4 Å². The molecule has 204 valence electrons. The van der Waals surface area contributed by atoms with Crippen LogP contribution in [0.25, 0.3) is 6.08 Å². The Morgan fingerprint density at radius 2 is 1.74 bits per heavy atom. The van der Waals surface area contributed by atoms with Crippen LogP contribution in [0, 0.1) is 0 Å². The molecule has 0 spiro atoms. The van der Waals surface area contributed by atoms with Gasteiger partial charge in [0.05, 0.1) is 36.8 Å². The fraction of sp³-hybridized carbons (Fsp3) is 0.214. The summed E-state index contributed by atoms with van der Waals surface area (Å²) in [7, 11) is -0.943. The van der Waals surface area contributed by atoms with Gasteiger partial charge >= 0.3 is 5.97 Å².